The third-order valence-corrected chi connectivity index (χ3v) is 11.3. The van der Waals surface area contributed by atoms with E-state index in [1.165, 1.54) is 122 Å². The second kappa shape index (κ2) is 47.6. The highest BCUT2D eigenvalue weighted by Gasteiger charge is 2.24. The van der Waals surface area contributed by atoms with Crippen LogP contribution in [0.15, 0.2) is 60.8 Å². The molecule has 0 saturated carbocycles. The van der Waals surface area contributed by atoms with Crippen molar-refractivity contribution in [2.45, 2.75) is 264 Å². The van der Waals surface area contributed by atoms with Gasteiger partial charge in [0.15, 0.2) is 0 Å². The third-order valence-electron chi connectivity index (χ3n) is 11.3. The van der Waals surface area contributed by atoms with Crippen LogP contribution < -0.4 is 5.32 Å². The van der Waals surface area contributed by atoms with E-state index in [1.807, 2.05) is 0 Å². The van der Waals surface area contributed by atoms with Crippen molar-refractivity contribution in [1.82, 2.24) is 5.32 Å². The third kappa shape index (κ3) is 42.3. The number of esters is 1. The molecule has 1 amide bonds. The zero-order valence-electron chi connectivity index (χ0n) is 39.6. The van der Waals surface area contributed by atoms with Crippen molar-refractivity contribution in [3.8, 4) is 0 Å². The largest absolute Gasteiger partial charge is 0.462 e. The van der Waals surface area contributed by atoms with Gasteiger partial charge in [-0.3, -0.25) is 9.59 Å². The Balaban J connectivity index is 4.65. The first-order chi connectivity index (χ1) is 29.5. The lowest BCUT2D eigenvalue weighted by Gasteiger charge is -2.24. The predicted octanol–water partition coefficient (Wildman–Crippen LogP) is 15.2. The summed E-state index contributed by atoms with van der Waals surface area (Å²) >= 11 is 0. The lowest BCUT2D eigenvalue weighted by Crippen LogP contribution is -2.46. The van der Waals surface area contributed by atoms with E-state index >= 15 is 0 Å². The van der Waals surface area contributed by atoms with Crippen molar-refractivity contribution in [1.29, 1.82) is 0 Å². The Morgan fingerprint density at radius 2 is 0.917 bits per heavy atom. The maximum Gasteiger partial charge on any atom is 0.306 e. The zero-order chi connectivity index (χ0) is 43.8. The Morgan fingerprint density at radius 1 is 0.500 bits per heavy atom. The van der Waals surface area contributed by atoms with Crippen LogP contribution in [0.25, 0.3) is 0 Å². The second-order valence-electron chi connectivity index (χ2n) is 17.2. The van der Waals surface area contributed by atoms with E-state index in [0.29, 0.717) is 19.3 Å². The Hall–Kier alpha value is -2.44. The molecule has 0 aromatic heterocycles. The molecule has 0 aliphatic heterocycles. The van der Waals surface area contributed by atoms with Crippen molar-refractivity contribution in [2.24, 2.45) is 0 Å². The molecule has 3 unspecified atom stereocenters. The number of rotatable bonds is 45. The standard InChI is InChI=1S/C54H97NO5/c1-4-7-10-13-16-19-22-24-26-27-28-30-32-35-38-41-44-47-54(59)60-50(45-42-39-36-33-31-29-25-23-20-17-14-11-8-5-2)48-53(58)55-51(49-56)52(57)46-43-40-37-34-21-18-15-12-9-6-3/h8,11,17,20,24-26,29,33,36,50-52,56-57H,4-7,9-10,12-16,18-19,21-23,27-28,30-32,34-35,37-49H2,1-3H3,(H,55,58)/b11-8+,20-17+,26-24+,29-25+,36-33+. The molecule has 0 saturated heterocycles. The van der Waals surface area contributed by atoms with Gasteiger partial charge >= 0.3 is 5.97 Å². The number of carbonyl (C=O) groups excluding carboxylic acids is 2. The molecule has 0 aromatic carbocycles. The van der Waals surface area contributed by atoms with E-state index in [0.717, 1.165) is 77.0 Å². The minimum atomic E-state index is -0.802. The quantitative estimate of drug-likeness (QED) is 0.0322. The van der Waals surface area contributed by atoms with Crippen molar-refractivity contribution < 1.29 is 24.5 Å². The number of ether oxygens (including phenoxy) is 1. The molecular weight excluding hydrogens is 743 g/mol. The van der Waals surface area contributed by atoms with Gasteiger partial charge in [0.25, 0.3) is 0 Å². The SMILES string of the molecule is CC/C=C/C/C=C/C/C=C/C/C=C/CCCC(CC(=O)NC(CO)C(O)CCCCCCCCCCCC)OC(=O)CCCCCCCCC/C=C/CCCCCCCC. The number of hydrogen-bond donors (Lipinski definition) is 3. The summed E-state index contributed by atoms with van der Waals surface area (Å²) in [5.74, 6) is -0.533. The Bertz CT molecular complexity index is 1080. The summed E-state index contributed by atoms with van der Waals surface area (Å²) < 4.78 is 5.90. The molecule has 0 radical (unpaired) electrons. The molecule has 0 bridgehead atoms. The highest BCUT2D eigenvalue weighted by atomic mass is 16.5. The van der Waals surface area contributed by atoms with Crippen molar-refractivity contribution in [2.75, 3.05) is 6.61 Å². The van der Waals surface area contributed by atoms with Crippen LogP contribution in [0.2, 0.25) is 0 Å². The molecule has 0 heterocycles. The Kier molecular flexibility index (Phi) is 45.7. The number of hydrogen-bond acceptors (Lipinski definition) is 5. The van der Waals surface area contributed by atoms with Crippen molar-refractivity contribution in [3.63, 3.8) is 0 Å². The first kappa shape index (κ1) is 57.6. The molecular formula is C54H97NO5. The van der Waals surface area contributed by atoms with Crippen molar-refractivity contribution in [3.05, 3.63) is 60.8 Å². The maximum atomic E-state index is 13.2. The summed E-state index contributed by atoms with van der Waals surface area (Å²) in [7, 11) is 0. The highest BCUT2D eigenvalue weighted by Crippen LogP contribution is 2.17. The summed E-state index contributed by atoms with van der Waals surface area (Å²) in [5.41, 5.74) is 0. The molecule has 6 nitrogen and oxygen atoms in total. The summed E-state index contributed by atoms with van der Waals surface area (Å²) in [4.78, 5) is 26.1. The maximum absolute atomic E-state index is 13.2. The molecule has 0 aliphatic carbocycles. The number of aliphatic hydroxyl groups is 2. The molecule has 6 heteroatoms. The van der Waals surface area contributed by atoms with Crippen LogP contribution in [-0.2, 0) is 14.3 Å². The van der Waals surface area contributed by atoms with E-state index in [2.05, 4.69) is 86.8 Å². The number of unbranched alkanes of at least 4 members (excludes halogenated alkanes) is 23. The molecule has 3 N–H and O–H groups in total. The molecule has 3 atom stereocenters. The van der Waals surface area contributed by atoms with Gasteiger partial charge in [-0.05, 0) is 83.5 Å². The summed E-state index contributed by atoms with van der Waals surface area (Å²) in [5, 5.41) is 23.7. The monoisotopic (exact) mass is 840 g/mol. The fraction of sp³-hybridized carbons (Fsp3) is 0.778. The number of nitrogens with one attached hydrogen (secondary N) is 1. The average Bonchev–Trinajstić information content (AvgIpc) is 3.24. The van der Waals surface area contributed by atoms with Gasteiger partial charge in [0.2, 0.25) is 5.91 Å². The zero-order valence-corrected chi connectivity index (χ0v) is 39.6. The van der Waals surface area contributed by atoms with Gasteiger partial charge in [0.05, 0.1) is 25.2 Å². The van der Waals surface area contributed by atoms with E-state index in [1.54, 1.807) is 0 Å². The highest BCUT2D eigenvalue weighted by molar-refractivity contribution is 5.77. The van der Waals surface area contributed by atoms with E-state index in [9.17, 15) is 19.8 Å². The van der Waals surface area contributed by atoms with Gasteiger partial charge in [0.1, 0.15) is 6.10 Å². The van der Waals surface area contributed by atoms with Crippen LogP contribution in [0.5, 0.6) is 0 Å². The minimum Gasteiger partial charge on any atom is -0.462 e. The first-order valence-corrected chi connectivity index (χ1v) is 25.5. The molecule has 0 aromatic rings. The summed E-state index contributed by atoms with van der Waals surface area (Å²) in [6.07, 6.45) is 58.6. The van der Waals surface area contributed by atoms with Gasteiger partial charge in [-0.15, -0.1) is 0 Å². The predicted molar refractivity (Wildman–Crippen MR) is 259 cm³/mol. The fourth-order valence-corrected chi connectivity index (χ4v) is 7.48. The second-order valence-corrected chi connectivity index (χ2v) is 17.2. The molecule has 0 rings (SSSR count). The molecule has 0 aliphatic rings. The van der Waals surface area contributed by atoms with Crippen molar-refractivity contribution >= 4 is 11.9 Å². The molecule has 0 spiro atoms. The van der Waals surface area contributed by atoms with Crippen LogP contribution in [0.4, 0.5) is 0 Å². The normalized spacial score (nSPS) is 13.8. The number of aliphatic hydroxyl groups excluding tert-OH is 2. The van der Waals surface area contributed by atoms with Gasteiger partial charge in [0, 0.05) is 6.42 Å². The van der Waals surface area contributed by atoms with Gasteiger partial charge in [-0.1, -0.05) is 210 Å². The Labute approximate surface area is 371 Å². The van der Waals surface area contributed by atoms with E-state index < -0.39 is 18.2 Å². The molecule has 348 valence electrons. The van der Waals surface area contributed by atoms with E-state index in [-0.39, 0.29) is 24.9 Å². The minimum absolute atomic E-state index is 0.0374. The summed E-state index contributed by atoms with van der Waals surface area (Å²) in [6, 6.07) is -0.719. The van der Waals surface area contributed by atoms with E-state index in [4.69, 9.17) is 4.74 Å². The smallest absolute Gasteiger partial charge is 0.306 e. The number of carbonyl (C=O) groups is 2. The van der Waals surface area contributed by atoms with Crippen LogP contribution >= 0.6 is 0 Å². The Morgan fingerprint density at radius 3 is 1.42 bits per heavy atom. The first-order valence-electron chi connectivity index (χ1n) is 25.5. The number of allylic oxidation sites excluding steroid dienone is 10. The van der Waals surface area contributed by atoms with Gasteiger partial charge < -0.3 is 20.3 Å². The van der Waals surface area contributed by atoms with Crippen LogP contribution in [0, 0.1) is 0 Å². The fourth-order valence-electron chi connectivity index (χ4n) is 7.48. The number of amides is 1. The lowest BCUT2D eigenvalue weighted by molar-refractivity contribution is -0.151. The summed E-state index contributed by atoms with van der Waals surface area (Å²) in [6.45, 7) is 6.34. The van der Waals surface area contributed by atoms with Crippen LogP contribution in [0.1, 0.15) is 245 Å². The van der Waals surface area contributed by atoms with Gasteiger partial charge in [-0.2, -0.15) is 0 Å². The van der Waals surface area contributed by atoms with Crippen LogP contribution in [-0.4, -0.2) is 46.9 Å². The molecule has 60 heavy (non-hydrogen) atoms. The topological polar surface area (TPSA) is 95.9 Å². The van der Waals surface area contributed by atoms with Crippen LogP contribution in [0.3, 0.4) is 0 Å². The van der Waals surface area contributed by atoms with Gasteiger partial charge in [-0.25, -0.2) is 0 Å². The lowest BCUT2D eigenvalue weighted by atomic mass is 10.0. The molecule has 0 fully saturated rings. The average molecular weight is 840 g/mol.